The van der Waals surface area contributed by atoms with Crippen molar-refractivity contribution in [3.05, 3.63) is 0 Å². The van der Waals surface area contributed by atoms with E-state index in [-0.39, 0.29) is 0 Å². The van der Waals surface area contributed by atoms with Crippen LogP contribution in [-0.4, -0.2) is 10.9 Å². The first kappa shape index (κ1) is 9.48. The fraction of sp³-hybridized carbons (Fsp3) is 0.750. The summed E-state index contributed by atoms with van der Waals surface area (Å²) < 4.78 is 0. The second kappa shape index (κ2) is 4.32. The molecule has 0 aromatic heterocycles. The van der Waals surface area contributed by atoms with Gasteiger partial charge in [-0.1, -0.05) is 19.3 Å². The van der Waals surface area contributed by atoms with E-state index in [1.54, 1.807) is 6.92 Å². The number of terminal acetylenes is 1. The molecule has 0 aromatic carbocycles. The molecule has 0 spiro atoms. The molecule has 1 N–H and O–H groups in total. The Labute approximate surface area is 62.1 Å². The van der Waals surface area contributed by atoms with Crippen LogP contribution in [0.2, 0.25) is 0 Å². The second-order valence-electron chi connectivity index (χ2n) is 2.57. The number of hydrogen-bond acceptors (Lipinski definition) is 2. The highest BCUT2D eigenvalue weighted by molar-refractivity contribution is 5.04. The lowest BCUT2D eigenvalue weighted by atomic mass is 10.0. The van der Waals surface area contributed by atoms with E-state index in [0.717, 1.165) is 12.8 Å². The third-order valence-corrected chi connectivity index (χ3v) is 1.51. The maximum atomic E-state index is 8.37. The van der Waals surface area contributed by atoms with Gasteiger partial charge in [-0.2, -0.15) is 0 Å². The summed E-state index contributed by atoms with van der Waals surface area (Å²) >= 11 is 0. The fourth-order valence-electron chi connectivity index (χ4n) is 0.658. The summed E-state index contributed by atoms with van der Waals surface area (Å²) in [5.41, 5.74) is -0.782. The van der Waals surface area contributed by atoms with E-state index in [2.05, 4.69) is 17.7 Å². The van der Waals surface area contributed by atoms with Gasteiger partial charge in [-0.05, 0) is 19.8 Å². The molecule has 0 bridgehead atoms. The smallest absolute Gasteiger partial charge is 0.160 e. The Morgan fingerprint density at radius 2 is 2.30 bits per heavy atom. The molecule has 0 aliphatic carbocycles. The monoisotopic (exact) mass is 142 g/mol. The molecule has 0 aromatic rings. The van der Waals surface area contributed by atoms with Gasteiger partial charge in [-0.15, -0.1) is 6.42 Å². The Hall–Kier alpha value is -0.520. The quantitative estimate of drug-likeness (QED) is 0.370. The van der Waals surface area contributed by atoms with Gasteiger partial charge in [0.1, 0.15) is 0 Å². The number of unbranched alkanes of at least 4 members (excludes halogenated alkanes) is 1. The van der Waals surface area contributed by atoms with Crippen LogP contribution in [0.5, 0.6) is 0 Å². The van der Waals surface area contributed by atoms with Crippen molar-refractivity contribution in [3.63, 3.8) is 0 Å². The Morgan fingerprint density at radius 3 is 2.60 bits per heavy atom. The van der Waals surface area contributed by atoms with Crippen LogP contribution < -0.4 is 0 Å². The summed E-state index contributed by atoms with van der Waals surface area (Å²) in [7, 11) is 0. The van der Waals surface area contributed by atoms with E-state index in [0.29, 0.717) is 6.42 Å². The van der Waals surface area contributed by atoms with E-state index in [9.17, 15) is 0 Å². The summed E-state index contributed by atoms with van der Waals surface area (Å²) in [5, 5.41) is 8.37. The zero-order valence-corrected chi connectivity index (χ0v) is 6.55. The molecule has 0 amide bonds. The standard InChI is InChI=1S/C8H14O2/c1-4-6-7-8(3,5-2)10-9/h2,9H,4,6-7H2,1,3H3. The molecule has 0 radical (unpaired) electrons. The predicted molar refractivity (Wildman–Crippen MR) is 40.5 cm³/mol. The minimum absolute atomic E-state index is 0.705. The van der Waals surface area contributed by atoms with Gasteiger partial charge >= 0.3 is 0 Å². The maximum absolute atomic E-state index is 8.37. The fourth-order valence-corrected chi connectivity index (χ4v) is 0.658. The lowest BCUT2D eigenvalue weighted by Gasteiger charge is -2.18. The van der Waals surface area contributed by atoms with Crippen LogP contribution in [0.4, 0.5) is 0 Å². The van der Waals surface area contributed by atoms with Gasteiger partial charge in [0.25, 0.3) is 0 Å². The Kier molecular flexibility index (Phi) is 4.10. The minimum atomic E-state index is -0.782. The van der Waals surface area contributed by atoms with Crippen LogP contribution in [0.3, 0.4) is 0 Å². The van der Waals surface area contributed by atoms with E-state index in [1.807, 2.05) is 0 Å². The van der Waals surface area contributed by atoms with Gasteiger partial charge in [0.2, 0.25) is 0 Å². The first-order chi connectivity index (χ1) is 4.68. The van der Waals surface area contributed by atoms with E-state index in [1.165, 1.54) is 0 Å². The summed E-state index contributed by atoms with van der Waals surface area (Å²) in [6.45, 7) is 3.76. The third kappa shape index (κ3) is 2.86. The van der Waals surface area contributed by atoms with Crippen LogP contribution in [-0.2, 0) is 4.89 Å². The molecule has 0 heterocycles. The SMILES string of the molecule is C#CC(C)(CCCC)OO. The van der Waals surface area contributed by atoms with Crippen LogP contribution in [0.1, 0.15) is 33.1 Å². The van der Waals surface area contributed by atoms with Gasteiger partial charge in [0, 0.05) is 0 Å². The van der Waals surface area contributed by atoms with Crippen LogP contribution in [0.25, 0.3) is 0 Å². The zero-order chi connectivity index (χ0) is 8.04. The second-order valence-corrected chi connectivity index (χ2v) is 2.57. The van der Waals surface area contributed by atoms with Crippen LogP contribution >= 0.6 is 0 Å². The van der Waals surface area contributed by atoms with Gasteiger partial charge in [-0.25, -0.2) is 4.89 Å². The summed E-state index contributed by atoms with van der Waals surface area (Å²) in [6.07, 6.45) is 7.86. The van der Waals surface area contributed by atoms with Crippen molar-refractivity contribution in [2.45, 2.75) is 38.7 Å². The topological polar surface area (TPSA) is 29.5 Å². The molecule has 10 heavy (non-hydrogen) atoms. The molecule has 2 nitrogen and oxygen atoms in total. The molecule has 1 unspecified atom stereocenters. The van der Waals surface area contributed by atoms with Crippen molar-refractivity contribution in [1.82, 2.24) is 0 Å². The minimum Gasteiger partial charge on any atom is -0.250 e. The van der Waals surface area contributed by atoms with Crippen molar-refractivity contribution in [2.75, 3.05) is 0 Å². The molecule has 0 saturated carbocycles. The molecular formula is C8H14O2. The first-order valence-corrected chi connectivity index (χ1v) is 3.49. The highest BCUT2D eigenvalue weighted by Crippen LogP contribution is 2.15. The third-order valence-electron chi connectivity index (χ3n) is 1.51. The lowest BCUT2D eigenvalue weighted by molar-refractivity contribution is -0.300. The molecule has 58 valence electrons. The zero-order valence-electron chi connectivity index (χ0n) is 6.55. The molecule has 0 aliphatic rings. The summed E-state index contributed by atoms with van der Waals surface area (Å²) in [4.78, 5) is 4.15. The lowest BCUT2D eigenvalue weighted by Crippen LogP contribution is -2.24. The van der Waals surface area contributed by atoms with E-state index >= 15 is 0 Å². The Balaban J connectivity index is 3.72. The Bertz CT molecular complexity index is 126. The Morgan fingerprint density at radius 1 is 1.70 bits per heavy atom. The average Bonchev–Trinajstić information content (AvgIpc) is 2.00. The first-order valence-electron chi connectivity index (χ1n) is 3.49. The van der Waals surface area contributed by atoms with E-state index in [4.69, 9.17) is 11.7 Å². The van der Waals surface area contributed by atoms with Gasteiger partial charge in [-0.3, -0.25) is 5.26 Å². The van der Waals surface area contributed by atoms with Gasteiger partial charge in [0.15, 0.2) is 5.60 Å². The molecule has 0 rings (SSSR count). The molecule has 1 atom stereocenters. The summed E-state index contributed by atoms with van der Waals surface area (Å²) in [6, 6.07) is 0. The highest BCUT2D eigenvalue weighted by atomic mass is 17.1. The van der Waals surface area contributed by atoms with Crippen molar-refractivity contribution in [1.29, 1.82) is 0 Å². The highest BCUT2D eigenvalue weighted by Gasteiger charge is 2.20. The number of hydrogen-bond donors (Lipinski definition) is 1. The van der Waals surface area contributed by atoms with Crippen LogP contribution in [0.15, 0.2) is 0 Å². The maximum Gasteiger partial charge on any atom is 0.160 e. The van der Waals surface area contributed by atoms with Gasteiger partial charge in [0.05, 0.1) is 0 Å². The predicted octanol–water partition coefficient (Wildman–Crippen LogP) is 2.06. The average molecular weight is 142 g/mol. The molecule has 2 heteroatoms. The van der Waals surface area contributed by atoms with Crippen LogP contribution in [0, 0.1) is 12.3 Å². The van der Waals surface area contributed by atoms with Crippen molar-refractivity contribution in [2.24, 2.45) is 0 Å². The van der Waals surface area contributed by atoms with Gasteiger partial charge < -0.3 is 0 Å². The summed E-state index contributed by atoms with van der Waals surface area (Å²) in [5.74, 6) is 2.39. The van der Waals surface area contributed by atoms with Crippen molar-refractivity contribution < 1.29 is 10.1 Å². The van der Waals surface area contributed by atoms with Crippen molar-refractivity contribution in [3.8, 4) is 12.3 Å². The van der Waals surface area contributed by atoms with Crippen molar-refractivity contribution >= 4 is 0 Å². The largest absolute Gasteiger partial charge is 0.250 e. The molecular weight excluding hydrogens is 128 g/mol. The molecule has 0 aliphatic heterocycles. The molecule has 0 fully saturated rings. The molecule has 0 saturated heterocycles. The normalized spacial score (nSPS) is 15.8. The number of rotatable bonds is 4. The van der Waals surface area contributed by atoms with E-state index < -0.39 is 5.60 Å².